The van der Waals surface area contributed by atoms with Gasteiger partial charge in [-0.25, -0.2) is 8.37 Å². The molecule has 2 rings (SSSR count). The summed E-state index contributed by atoms with van der Waals surface area (Å²) in [7, 11) is -3.64. The van der Waals surface area contributed by atoms with Crippen LogP contribution in [0.2, 0.25) is 0 Å². The first-order valence-electron chi connectivity index (χ1n) is 4.59. The molecule has 0 bridgehead atoms. The topological polar surface area (TPSA) is 95.1 Å². The number of hydrogen-bond acceptors (Lipinski definition) is 6. The van der Waals surface area contributed by atoms with Crippen molar-refractivity contribution in [1.82, 2.24) is 0 Å². The summed E-state index contributed by atoms with van der Waals surface area (Å²) >= 11 is 0. The summed E-state index contributed by atoms with van der Waals surface area (Å²) in [5.74, 6) is 0. The molecule has 16 heavy (non-hydrogen) atoms. The zero-order valence-electron chi connectivity index (χ0n) is 10.2. The largest absolute Gasteiger partial charge is 1.00 e. The molecule has 92 valence electrons. The zero-order valence-corrected chi connectivity index (χ0v) is 13.0. The van der Waals surface area contributed by atoms with Crippen LogP contribution >= 0.6 is 0 Å². The Bertz CT molecular complexity index is 271. The molecule has 0 radical (unpaired) electrons. The Kier molecular flexibility index (Phi) is 8.70. The van der Waals surface area contributed by atoms with Gasteiger partial charge in [-0.3, -0.25) is 0 Å². The third-order valence-corrected chi connectivity index (χ3v) is 3.29. The van der Waals surface area contributed by atoms with Gasteiger partial charge in [0, 0.05) is 0 Å². The van der Waals surface area contributed by atoms with E-state index >= 15 is 0 Å². The molecule has 2 aliphatic rings. The molecule has 2 aliphatic heterocycles. The standard InChI is InChI=1S/C4H8O4S.C4H8O.Na.H2O/c1-3-4(2)8-9(5,6)7-3;1-3-4(2)5-3;;/h3-4H,1-2H3;3-4H,1-2H3;;1H2/q;;+1;/p-1/t3-,4+;3-,4-;;/m.0../s1. The predicted molar refractivity (Wildman–Crippen MR) is 52.0 cm³/mol. The molecular weight excluding hydrogens is 247 g/mol. The summed E-state index contributed by atoms with van der Waals surface area (Å²) in [6.45, 7) is 7.44. The Morgan fingerprint density at radius 1 is 0.812 bits per heavy atom. The maximum Gasteiger partial charge on any atom is 1.00 e. The Morgan fingerprint density at radius 2 is 1.06 bits per heavy atom. The molecule has 1 N–H and O–H groups in total. The van der Waals surface area contributed by atoms with Crippen molar-refractivity contribution in [2.75, 3.05) is 0 Å². The van der Waals surface area contributed by atoms with E-state index in [-0.39, 0.29) is 47.2 Å². The molecule has 2 heterocycles. The minimum atomic E-state index is -3.64. The first-order chi connectivity index (χ1) is 6.32. The minimum absolute atomic E-state index is 0. The van der Waals surface area contributed by atoms with Crippen molar-refractivity contribution in [3.8, 4) is 0 Å². The SMILES string of the molecule is C[C@@H]1OS(=O)(=O)O[C@@H]1C.C[C@@H]1O[C@H]1C.[Na+].[OH-]. The maximum absolute atomic E-state index is 10.4. The quantitative estimate of drug-likeness (QED) is 0.360. The number of rotatable bonds is 0. The van der Waals surface area contributed by atoms with Gasteiger partial charge in [0.05, 0.1) is 12.2 Å². The van der Waals surface area contributed by atoms with Gasteiger partial charge in [0.2, 0.25) is 0 Å². The van der Waals surface area contributed by atoms with Gasteiger partial charge < -0.3 is 10.2 Å². The van der Waals surface area contributed by atoms with Gasteiger partial charge in [-0.15, -0.1) is 0 Å². The Labute approximate surface area is 119 Å². The fourth-order valence-electron chi connectivity index (χ4n) is 0.844. The molecule has 8 heteroatoms. The van der Waals surface area contributed by atoms with Crippen molar-refractivity contribution >= 4 is 10.4 Å². The second kappa shape index (κ2) is 7.27. The normalized spacial score (nSPS) is 38.5. The van der Waals surface area contributed by atoms with Crippen LogP contribution in [0, 0.1) is 0 Å². The average Bonchev–Trinajstić information content (AvgIpc) is 2.56. The van der Waals surface area contributed by atoms with Crippen LogP contribution in [-0.2, 0) is 23.5 Å². The van der Waals surface area contributed by atoms with Crippen LogP contribution in [-0.4, -0.2) is 38.3 Å². The van der Waals surface area contributed by atoms with Crippen molar-refractivity contribution in [2.45, 2.75) is 52.1 Å². The summed E-state index contributed by atoms with van der Waals surface area (Å²) in [5, 5.41) is 0. The predicted octanol–water partition coefficient (Wildman–Crippen LogP) is -2.32. The van der Waals surface area contributed by atoms with Crippen LogP contribution in [0.1, 0.15) is 27.7 Å². The monoisotopic (exact) mass is 264 g/mol. The van der Waals surface area contributed by atoms with Gasteiger partial charge >= 0.3 is 40.0 Å². The summed E-state index contributed by atoms with van der Waals surface area (Å²) in [6, 6.07) is 0. The summed E-state index contributed by atoms with van der Waals surface area (Å²) in [4.78, 5) is 0. The van der Waals surface area contributed by atoms with Crippen LogP contribution in [0.3, 0.4) is 0 Å². The van der Waals surface area contributed by atoms with Gasteiger partial charge in [0.15, 0.2) is 0 Å². The molecule has 2 fully saturated rings. The average molecular weight is 264 g/mol. The van der Waals surface area contributed by atoms with Crippen molar-refractivity contribution in [3.63, 3.8) is 0 Å². The number of hydrogen-bond donors (Lipinski definition) is 0. The van der Waals surface area contributed by atoms with Gasteiger partial charge in [-0.1, -0.05) is 0 Å². The Balaban J connectivity index is 0. The maximum atomic E-state index is 10.4. The Hall–Kier alpha value is 0.790. The molecule has 0 saturated carbocycles. The van der Waals surface area contributed by atoms with Crippen LogP contribution in [0.4, 0.5) is 0 Å². The molecule has 0 aromatic carbocycles. The van der Waals surface area contributed by atoms with Crippen LogP contribution in [0.15, 0.2) is 0 Å². The van der Waals surface area contributed by atoms with E-state index in [1.54, 1.807) is 13.8 Å². The number of ether oxygens (including phenoxy) is 1. The van der Waals surface area contributed by atoms with Crippen LogP contribution in [0.25, 0.3) is 0 Å². The molecule has 2 saturated heterocycles. The molecule has 0 aromatic heterocycles. The zero-order chi connectivity index (χ0) is 10.9. The van der Waals surface area contributed by atoms with Crippen molar-refractivity contribution in [1.29, 1.82) is 0 Å². The molecule has 0 amide bonds. The Morgan fingerprint density at radius 3 is 1.12 bits per heavy atom. The van der Waals surface area contributed by atoms with E-state index in [4.69, 9.17) is 4.74 Å². The molecule has 0 aliphatic carbocycles. The van der Waals surface area contributed by atoms with Crippen LogP contribution < -0.4 is 29.6 Å². The van der Waals surface area contributed by atoms with E-state index in [2.05, 4.69) is 22.2 Å². The minimum Gasteiger partial charge on any atom is -0.870 e. The third kappa shape index (κ3) is 6.51. The van der Waals surface area contributed by atoms with Crippen molar-refractivity contribution < 1.29 is 56.6 Å². The third-order valence-electron chi connectivity index (χ3n) is 2.21. The first kappa shape index (κ1) is 19.1. The van der Waals surface area contributed by atoms with Crippen LogP contribution in [0.5, 0.6) is 0 Å². The van der Waals surface area contributed by atoms with E-state index < -0.39 is 10.4 Å². The van der Waals surface area contributed by atoms with Gasteiger partial charge in [-0.2, -0.15) is 8.42 Å². The van der Waals surface area contributed by atoms with E-state index in [9.17, 15) is 8.42 Å². The van der Waals surface area contributed by atoms with E-state index in [1.807, 2.05) is 0 Å². The fourth-order valence-corrected chi connectivity index (χ4v) is 1.95. The first-order valence-corrected chi connectivity index (χ1v) is 5.92. The van der Waals surface area contributed by atoms with Gasteiger partial charge in [0.25, 0.3) is 0 Å². The summed E-state index contributed by atoms with van der Waals surface area (Å²) < 4.78 is 34.6. The molecule has 0 aromatic rings. The molecule has 6 nitrogen and oxygen atoms in total. The summed E-state index contributed by atoms with van der Waals surface area (Å²) in [5.41, 5.74) is 0. The summed E-state index contributed by atoms with van der Waals surface area (Å²) in [6.07, 6.45) is 0.398. The van der Waals surface area contributed by atoms with E-state index in [0.29, 0.717) is 12.2 Å². The smallest absolute Gasteiger partial charge is 0.870 e. The number of epoxide rings is 1. The molecule has 4 atom stereocenters. The van der Waals surface area contributed by atoms with Crippen molar-refractivity contribution in [3.05, 3.63) is 0 Å². The molecule has 0 unspecified atom stereocenters. The van der Waals surface area contributed by atoms with Gasteiger partial charge in [-0.05, 0) is 27.7 Å². The second-order valence-corrected chi connectivity index (χ2v) is 4.76. The second-order valence-electron chi connectivity index (χ2n) is 3.56. The molecule has 0 spiro atoms. The fraction of sp³-hybridized carbons (Fsp3) is 1.00. The van der Waals surface area contributed by atoms with Gasteiger partial charge in [0.1, 0.15) is 12.2 Å². The molecular formula is C8H17NaO6S. The van der Waals surface area contributed by atoms with E-state index in [1.165, 1.54) is 0 Å². The van der Waals surface area contributed by atoms with E-state index in [0.717, 1.165) is 0 Å². The van der Waals surface area contributed by atoms with Crippen molar-refractivity contribution in [2.24, 2.45) is 0 Å².